The van der Waals surface area contributed by atoms with E-state index >= 15 is 0 Å². The highest BCUT2D eigenvalue weighted by molar-refractivity contribution is 6.12. The molecule has 0 unspecified atom stereocenters. The van der Waals surface area contributed by atoms with E-state index in [0.29, 0.717) is 0 Å². The Bertz CT molecular complexity index is 3270. The number of hydrogen-bond acceptors (Lipinski definition) is 2. The number of rotatable bonds is 6. The fourth-order valence-electron chi connectivity index (χ4n) is 8.88. The first-order valence-corrected chi connectivity index (χ1v) is 20.2. The molecule has 11 aromatic rings. The molecule has 3 heterocycles. The summed E-state index contributed by atoms with van der Waals surface area (Å²) in [6.07, 6.45) is 0. The van der Waals surface area contributed by atoms with E-state index in [1.54, 1.807) is 0 Å². The molecule has 0 N–H and O–H groups in total. The lowest BCUT2D eigenvalue weighted by molar-refractivity contribution is 1.14. The topological polar surface area (TPSA) is 35.6 Å². The van der Waals surface area contributed by atoms with Crippen molar-refractivity contribution in [1.82, 2.24) is 19.1 Å². The third kappa shape index (κ3) is 5.92. The van der Waals surface area contributed by atoms with Gasteiger partial charge in [-0.15, -0.1) is 0 Å². The summed E-state index contributed by atoms with van der Waals surface area (Å²) in [6.45, 7) is 6.57. The van der Waals surface area contributed by atoms with Crippen molar-refractivity contribution in [3.8, 4) is 56.4 Å². The Morgan fingerprint density at radius 2 is 0.847 bits per heavy atom. The second kappa shape index (κ2) is 13.8. The SMILES string of the molecule is Cc1ccc2c(c1)c1cc(C)ccc1n2-c1ccc2c(c1)c1ccccc1n2-c1ccc(-c2ccc(-c3cc(-c4ccccc4)nc(-c4ccccc4)n3)cc2)cc1C. The van der Waals surface area contributed by atoms with Crippen molar-refractivity contribution in [1.29, 1.82) is 0 Å². The quantitative estimate of drug-likeness (QED) is 0.169. The number of benzene rings is 8. The lowest BCUT2D eigenvalue weighted by Crippen LogP contribution is -1.98. The summed E-state index contributed by atoms with van der Waals surface area (Å²) in [7, 11) is 0. The van der Waals surface area contributed by atoms with Gasteiger partial charge in [-0.05, 0) is 104 Å². The second-order valence-corrected chi connectivity index (χ2v) is 15.7. The Balaban J connectivity index is 0.973. The average molecular weight is 757 g/mol. The van der Waals surface area contributed by atoms with Crippen LogP contribution in [-0.4, -0.2) is 19.1 Å². The molecule has 0 fully saturated rings. The number of nitrogens with zero attached hydrogens (tertiary/aromatic N) is 4. The Morgan fingerprint density at radius 1 is 0.339 bits per heavy atom. The summed E-state index contributed by atoms with van der Waals surface area (Å²) < 4.78 is 4.86. The Kier molecular flexibility index (Phi) is 8.12. The van der Waals surface area contributed by atoms with Gasteiger partial charge in [0.25, 0.3) is 0 Å². The van der Waals surface area contributed by atoms with Crippen LogP contribution in [0.25, 0.3) is 100 Å². The predicted molar refractivity (Wildman–Crippen MR) is 247 cm³/mol. The van der Waals surface area contributed by atoms with E-state index in [1.807, 2.05) is 36.4 Å². The molecule has 0 radical (unpaired) electrons. The van der Waals surface area contributed by atoms with Gasteiger partial charge >= 0.3 is 0 Å². The fourth-order valence-corrected chi connectivity index (χ4v) is 8.88. The Labute approximate surface area is 343 Å². The van der Waals surface area contributed by atoms with E-state index in [0.717, 1.165) is 45.2 Å². The van der Waals surface area contributed by atoms with Crippen molar-refractivity contribution in [3.63, 3.8) is 0 Å². The summed E-state index contributed by atoms with van der Waals surface area (Å²) in [5.41, 5.74) is 18.2. The number of aromatic nitrogens is 4. The number of aryl methyl sites for hydroxylation is 3. The zero-order chi connectivity index (χ0) is 39.6. The van der Waals surface area contributed by atoms with E-state index in [4.69, 9.17) is 9.97 Å². The van der Waals surface area contributed by atoms with E-state index in [1.165, 1.54) is 71.6 Å². The van der Waals surface area contributed by atoms with Crippen LogP contribution in [0, 0.1) is 20.8 Å². The molecule has 0 aliphatic carbocycles. The molecule has 4 heteroatoms. The minimum Gasteiger partial charge on any atom is -0.309 e. The van der Waals surface area contributed by atoms with Crippen LogP contribution < -0.4 is 0 Å². The summed E-state index contributed by atoms with van der Waals surface area (Å²) in [4.78, 5) is 10.0. The molecule has 59 heavy (non-hydrogen) atoms. The maximum absolute atomic E-state index is 5.04. The molecule has 0 amide bonds. The molecule has 0 atom stereocenters. The minimum absolute atomic E-state index is 0.718. The molecule has 0 aliphatic heterocycles. The molecular weight excluding hydrogens is 717 g/mol. The van der Waals surface area contributed by atoms with Gasteiger partial charge in [0.15, 0.2) is 5.82 Å². The van der Waals surface area contributed by atoms with Crippen LogP contribution in [-0.2, 0) is 0 Å². The lowest BCUT2D eigenvalue weighted by Gasteiger charge is -2.14. The molecule has 4 nitrogen and oxygen atoms in total. The van der Waals surface area contributed by atoms with Crippen molar-refractivity contribution in [2.24, 2.45) is 0 Å². The molecule has 0 saturated heterocycles. The van der Waals surface area contributed by atoms with Crippen LogP contribution in [0.2, 0.25) is 0 Å². The average Bonchev–Trinajstić information content (AvgIpc) is 3.78. The number of para-hydroxylation sites is 1. The van der Waals surface area contributed by atoms with Gasteiger partial charge in [0.1, 0.15) is 0 Å². The van der Waals surface area contributed by atoms with Gasteiger partial charge in [0.2, 0.25) is 0 Å². The van der Waals surface area contributed by atoms with E-state index in [2.05, 4.69) is 182 Å². The first-order valence-electron chi connectivity index (χ1n) is 20.2. The highest BCUT2D eigenvalue weighted by Gasteiger charge is 2.18. The number of fused-ring (bicyclic) bond motifs is 6. The highest BCUT2D eigenvalue weighted by Crippen LogP contribution is 2.39. The van der Waals surface area contributed by atoms with Crippen molar-refractivity contribution in [2.45, 2.75) is 20.8 Å². The van der Waals surface area contributed by atoms with E-state index < -0.39 is 0 Å². The molecule has 8 aromatic carbocycles. The predicted octanol–water partition coefficient (Wildman–Crippen LogP) is 14.3. The summed E-state index contributed by atoms with van der Waals surface area (Å²) >= 11 is 0. The van der Waals surface area contributed by atoms with Gasteiger partial charge in [-0.1, -0.05) is 132 Å². The molecular formula is C55H40N4. The first-order chi connectivity index (χ1) is 29.0. The molecule has 0 spiro atoms. The molecule has 0 aliphatic rings. The van der Waals surface area contributed by atoms with Crippen LogP contribution in [0.3, 0.4) is 0 Å². The van der Waals surface area contributed by atoms with Crippen LogP contribution in [0.15, 0.2) is 188 Å². The van der Waals surface area contributed by atoms with Crippen LogP contribution in [0.4, 0.5) is 0 Å². The smallest absolute Gasteiger partial charge is 0.160 e. The second-order valence-electron chi connectivity index (χ2n) is 15.7. The van der Waals surface area contributed by atoms with Gasteiger partial charge in [-0.3, -0.25) is 0 Å². The third-order valence-corrected chi connectivity index (χ3v) is 11.8. The van der Waals surface area contributed by atoms with Crippen molar-refractivity contribution >= 4 is 43.6 Å². The van der Waals surface area contributed by atoms with Crippen molar-refractivity contribution in [2.75, 3.05) is 0 Å². The fraction of sp³-hybridized carbons (Fsp3) is 0.0545. The van der Waals surface area contributed by atoms with Crippen LogP contribution >= 0.6 is 0 Å². The Hall–Kier alpha value is -7.56. The first kappa shape index (κ1) is 34.7. The van der Waals surface area contributed by atoms with Gasteiger partial charge in [0.05, 0.1) is 33.5 Å². The summed E-state index contributed by atoms with van der Waals surface area (Å²) in [5, 5.41) is 5.06. The maximum Gasteiger partial charge on any atom is 0.160 e. The standard InChI is InChI=1S/C55H40N4/c1-35-18-26-52-45(30-35)46-31-36(2)19-27-53(46)58(52)43-25-29-54-47(33-43)44-16-10-11-17-51(44)59(54)50-28-24-42(32-37(50)3)38-20-22-40(23-21-38)49-34-48(39-12-6-4-7-13-39)56-55(57-49)41-14-8-5-9-15-41/h4-34H,1-3H3. The minimum atomic E-state index is 0.718. The van der Waals surface area contributed by atoms with E-state index in [-0.39, 0.29) is 0 Å². The molecule has 0 bridgehead atoms. The van der Waals surface area contributed by atoms with E-state index in [9.17, 15) is 0 Å². The number of hydrogen-bond donors (Lipinski definition) is 0. The normalized spacial score (nSPS) is 11.6. The molecule has 11 rings (SSSR count). The van der Waals surface area contributed by atoms with Gasteiger partial charge in [0, 0.05) is 49.6 Å². The summed E-state index contributed by atoms with van der Waals surface area (Å²) in [5.74, 6) is 0.718. The Morgan fingerprint density at radius 3 is 1.51 bits per heavy atom. The largest absolute Gasteiger partial charge is 0.309 e. The monoisotopic (exact) mass is 756 g/mol. The van der Waals surface area contributed by atoms with Crippen LogP contribution in [0.1, 0.15) is 16.7 Å². The third-order valence-electron chi connectivity index (χ3n) is 11.8. The van der Waals surface area contributed by atoms with Crippen molar-refractivity contribution < 1.29 is 0 Å². The molecule has 3 aromatic heterocycles. The molecule has 280 valence electrons. The zero-order valence-electron chi connectivity index (χ0n) is 33.2. The highest BCUT2D eigenvalue weighted by atomic mass is 15.0. The van der Waals surface area contributed by atoms with Gasteiger partial charge < -0.3 is 9.13 Å². The molecule has 0 saturated carbocycles. The van der Waals surface area contributed by atoms with Crippen LogP contribution in [0.5, 0.6) is 0 Å². The van der Waals surface area contributed by atoms with Gasteiger partial charge in [-0.2, -0.15) is 0 Å². The summed E-state index contributed by atoms with van der Waals surface area (Å²) in [6, 6.07) is 67.6. The van der Waals surface area contributed by atoms with Crippen molar-refractivity contribution in [3.05, 3.63) is 205 Å². The zero-order valence-corrected chi connectivity index (χ0v) is 33.2. The van der Waals surface area contributed by atoms with Gasteiger partial charge in [-0.25, -0.2) is 9.97 Å². The maximum atomic E-state index is 5.04. The lowest BCUT2D eigenvalue weighted by atomic mass is 9.99.